The van der Waals surface area contributed by atoms with Crippen molar-refractivity contribution in [3.05, 3.63) is 169 Å². The first-order valence-corrected chi connectivity index (χ1v) is 15.5. The third-order valence-corrected chi connectivity index (χ3v) is 8.99. The van der Waals surface area contributed by atoms with Crippen molar-refractivity contribution in [1.82, 2.24) is 9.13 Å². The summed E-state index contributed by atoms with van der Waals surface area (Å²) < 4.78 is 4.85. The standard InChI is InChI=1S/C42H28N4/c43-42(29-13-3-1-4-14-29)44-27-28-23-25-31(26-24-28)45-37-22-12-10-20-35(37)39-40(45)33-18-8-7-17-32(33)38-34-19-9-11-21-36(34)46(41(38)39)30-15-5-2-6-16-30/h1-27,43H. The molecule has 0 radical (unpaired) electrons. The first kappa shape index (κ1) is 26.2. The zero-order chi connectivity index (χ0) is 30.6. The van der Waals surface area contributed by atoms with E-state index in [4.69, 9.17) is 5.41 Å². The fourth-order valence-corrected chi connectivity index (χ4v) is 7.02. The quantitative estimate of drug-likeness (QED) is 0.157. The summed E-state index contributed by atoms with van der Waals surface area (Å²) in [5.74, 6) is 0.247. The van der Waals surface area contributed by atoms with Gasteiger partial charge in [0.25, 0.3) is 0 Å². The third kappa shape index (κ3) is 3.94. The Morgan fingerprint density at radius 1 is 0.457 bits per heavy atom. The van der Waals surface area contributed by atoms with E-state index in [9.17, 15) is 0 Å². The van der Waals surface area contributed by atoms with Crippen molar-refractivity contribution in [1.29, 1.82) is 5.41 Å². The number of rotatable bonds is 4. The Kier molecular flexibility index (Phi) is 5.93. The van der Waals surface area contributed by atoms with Crippen LogP contribution in [0.15, 0.2) is 163 Å². The summed E-state index contributed by atoms with van der Waals surface area (Å²) >= 11 is 0. The van der Waals surface area contributed by atoms with Gasteiger partial charge in [-0.2, -0.15) is 0 Å². The Bertz CT molecular complexity index is 2620. The van der Waals surface area contributed by atoms with Gasteiger partial charge in [0.1, 0.15) is 0 Å². The molecule has 0 unspecified atom stereocenters. The van der Waals surface area contributed by atoms with Gasteiger partial charge in [-0.25, -0.2) is 4.99 Å². The largest absolute Gasteiger partial charge is 0.309 e. The van der Waals surface area contributed by atoms with Crippen molar-refractivity contribution in [2.24, 2.45) is 4.99 Å². The predicted molar refractivity (Wildman–Crippen MR) is 193 cm³/mol. The lowest BCUT2D eigenvalue weighted by atomic mass is 9.99. The maximum Gasteiger partial charge on any atom is 0.151 e. The molecule has 1 N–H and O–H groups in total. The number of para-hydroxylation sites is 3. The van der Waals surface area contributed by atoms with Crippen LogP contribution in [-0.4, -0.2) is 21.2 Å². The molecule has 7 aromatic carbocycles. The maximum atomic E-state index is 8.37. The van der Waals surface area contributed by atoms with Gasteiger partial charge in [-0.15, -0.1) is 0 Å². The summed E-state index contributed by atoms with van der Waals surface area (Å²) in [5, 5.41) is 15.8. The molecule has 0 aliphatic rings. The Morgan fingerprint density at radius 2 is 0.957 bits per heavy atom. The molecule has 4 nitrogen and oxygen atoms in total. The van der Waals surface area contributed by atoms with Crippen LogP contribution in [0.1, 0.15) is 11.1 Å². The van der Waals surface area contributed by atoms with Crippen molar-refractivity contribution in [3.63, 3.8) is 0 Å². The molecule has 4 heteroatoms. The van der Waals surface area contributed by atoms with Gasteiger partial charge in [0.05, 0.1) is 22.1 Å². The molecule has 46 heavy (non-hydrogen) atoms. The molecule has 2 aromatic heterocycles. The Morgan fingerprint density at radius 3 is 1.63 bits per heavy atom. The van der Waals surface area contributed by atoms with Crippen LogP contribution in [0.2, 0.25) is 0 Å². The van der Waals surface area contributed by atoms with Gasteiger partial charge in [0, 0.05) is 50.1 Å². The molecule has 0 aliphatic heterocycles. The van der Waals surface area contributed by atoms with Gasteiger partial charge in [-0.1, -0.05) is 121 Å². The van der Waals surface area contributed by atoms with Crippen LogP contribution in [0, 0.1) is 5.41 Å². The summed E-state index contributed by atoms with van der Waals surface area (Å²) in [5.41, 5.74) is 8.74. The molecule has 0 spiro atoms. The summed E-state index contributed by atoms with van der Waals surface area (Å²) in [6, 6.07) is 55.1. The van der Waals surface area contributed by atoms with E-state index in [0.29, 0.717) is 0 Å². The van der Waals surface area contributed by atoms with Crippen LogP contribution in [0.4, 0.5) is 0 Å². The van der Waals surface area contributed by atoms with Gasteiger partial charge in [0.15, 0.2) is 5.84 Å². The summed E-state index contributed by atoms with van der Waals surface area (Å²) in [7, 11) is 0. The Labute approximate surface area is 265 Å². The summed E-state index contributed by atoms with van der Waals surface area (Å²) in [6.07, 6.45) is 1.77. The summed E-state index contributed by atoms with van der Waals surface area (Å²) in [6.45, 7) is 0. The summed E-state index contributed by atoms with van der Waals surface area (Å²) in [4.78, 5) is 4.44. The first-order chi connectivity index (χ1) is 22.8. The highest BCUT2D eigenvalue weighted by atomic mass is 15.0. The number of nitrogens with one attached hydrogen (secondary N) is 1. The second kappa shape index (κ2) is 10.4. The minimum Gasteiger partial charge on any atom is -0.309 e. The normalized spacial score (nSPS) is 11.9. The molecule has 0 bridgehead atoms. The molecular weight excluding hydrogens is 560 g/mol. The highest BCUT2D eigenvalue weighted by Crippen LogP contribution is 2.46. The van der Waals surface area contributed by atoms with Gasteiger partial charge >= 0.3 is 0 Å². The topological polar surface area (TPSA) is 46.1 Å². The second-order valence-electron chi connectivity index (χ2n) is 11.6. The van der Waals surface area contributed by atoms with Crippen LogP contribution >= 0.6 is 0 Å². The van der Waals surface area contributed by atoms with E-state index in [1.54, 1.807) is 6.21 Å². The minimum atomic E-state index is 0.247. The van der Waals surface area contributed by atoms with E-state index in [1.807, 2.05) is 30.3 Å². The van der Waals surface area contributed by atoms with Gasteiger partial charge in [0.2, 0.25) is 0 Å². The molecule has 0 saturated carbocycles. The van der Waals surface area contributed by atoms with Crippen molar-refractivity contribution in [2.75, 3.05) is 0 Å². The smallest absolute Gasteiger partial charge is 0.151 e. The lowest BCUT2D eigenvalue weighted by Crippen LogP contribution is -1.97. The second-order valence-corrected chi connectivity index (χ2v) is 11.6. The fraction of sp³-hybridized carbons (Fsp3) is 0. The number of nitrogens with zero attached hydrogens (tertiary/aromatic N) is 3. The Balaban J connectivity index is 1.35. The Hall–Kier alpha value is -6.26. The highest BCUT2D eigenvalue weighted by molar-refractivity contribution is 6.36. The highest BCUT2D eigenvalue weighted by Gasteiger charge is 2.24. The number of aliphatic imine (C=N–C) groups is 1. The predicted octanol–water partition coefficient (Wildman–Crippen LogP) is 10.5. The average molecular weight is 589 g/mol. The van der Waals surface area contributed by atoms with Crippen molar-refractivity contribution >= 4 is 66.4 Å². The molecular formula is C42H28N4. The van der Waals surface area contributed by atoms with Crippen LogP contribution in [-0.2, 0) is 0 Å². The van der Waals surface area contributed by atoms with Crippen molar-refractivity contribution < 1.29 is 0 Å². The van der Waals surface area contributed by atoms with E-state index in [0.717, 1.165) is 28.0 Å². The zero-order valence-corrected chi connectivity index (χ0v) is 24.9. The third-order valence-electron chi connectivity index (χ3n) is 8.99. The van der Waals surface area contributed by atoms with Crippen LogP contribution < -0.4 is 0 Å². The van der Waals surface area contributed by atoms with Gasteiger partial charge in [-0.05, 0) is 47.3 Å². The number of amidine groups is 1. The lowest BCUT2D eigenvalue weighted by molar-refractivity contribution is 1.18. The molecule has 0 atom stereocenters. The minimum absolute atomic E-state index is 0.247. The van der Waals surface area contributed by atoms with Gasteiger partial charge in [-0.3, -0.25) is 5.41 Å². The van der Waals surface area contributed by atoms with E-state index in [2.05, 4.69) is 142 Å². The molecule has 0 amide bonds. The van der Waals surface area contributed by atoms with E-state index in [1.165, 1.54) is 48.9 Å². The van der Waals surface area contributed by atoms with Crippen LogP contribution in [0.3, 0.4) is 0 Å². The van der Waals surface area contributed by atoms with Crippen molar-refractivity contribution in [2.45, 2.75) is 0 Å². The molecule has 0 saturated heterocycles. The first-order valence-electron chi connectivity index (χ1n) is 15.5. The van der Waals surface area contributed by atoms with Crippen LogP contribution in [0.25, 0.3) is 65.8 Å². The van der Waals surface area contributed by atoms with Crippen molar-refractivity contribution in [3.8, 4) is 11.4 Å². The fourth-order valence-electron chi connectivity index (χ4n) is 7.02. The number of benzene rings is 7. The van der Waals surface area contributed by atoms with E-state index < -0.39 is 0 Å². The molecule has 0 aliphatic carbocycles. The average Bonchev–Trinajstić information content (AvgIpc) is 3.66. The number of hydrogen-bond donors (Lipinski definition) is 1. The molecule has 2 heterocycles. The van der Waals surface area contributed by atoms with Gasteiger partial charge < -0.3 is 9.13 Å². The lowest BCUT2D eigenvalue weighted by Gasteiger charge is -2.13. The molecule has 9 rings (SSSR count). The SMILES string of the molecule is N=C(N=Cc1ccc(-n2c3ccccc3c3c2c2ccccc2c2c4ccccc4n(-c4ccccc4)c23)cc1)c1ccccc1. The zero-order valence-electron chi connectivity index (χ0n) is 24.9. The number of hydrogen-bond acceptors (Lipinski definition) is 1. The van der Waals surface area contributed by atoms with E-state index in [-0.39, 0.29) is 5.84 Å². The molecule has 9 aromatic rings. The van der Waals surface area contributed by atoms with Crippen LogP contribution in [0.5, 0.6) is 0 Å². The molecule has 216 valence electrons. The monoisotopic (exact) mass is 588 g/mol. The van der Waals surface area contributed by atoms with E-state index >= 15 is 0 Å². The number of fused-ring (bicyclic) bond motifs is 10. The molecule has 0 fully saturated rings. The maximum absolute atomic E-state index is 8.37. The number of aromatic nitrogens is 2.